The molecule has 11 heteroatoms. The second-order valence-electron chi connectivity index (χ2n) is 8.17. The molecular formula is C23H28N4O7. The molecule has 1 aliphatic rings. The Hall–Kier alpha value is -3.22. The van der Waals surface area contributed by atoms with Gasteiger partial charge in [0.05, 0.1) is 23.9 Å². The molecule has 0 radical (unpaired) electrons. The van der Waals surface area contributed by atoms with Gasteiger partial charge in [0.25, 0.3) is 0 Å². The van der Waals surface area contributed by atoms with Gasteiger partial charge in [-0.05, 0) is 43.3 Å². The fourth-order valence-corrected chi connectivity index (χ4v) is 3.90. The second kappa shape index (κ2) is 9.95. The van der Waals surface area contributed by atoms with Crippen molar-refractivity contribution >= 4 is 22.8 Å². The lowest BCUT2D eigenvalue weighted by atomic mass is 9.97. The van der Waals surface area contributed by atoms with E-state index >= 15 is 0 Å². The molecule has 3 heterocycles. The Bertz CT molecular complexity index is 1130. The predicted molar refractivity (Wildman–Crippen MR) is 122 cm³/mol. The number of nitrogens with zero attached hydrogens (tertiary/aromatic N) is 2. The summed E-state index contributed by atoms with van der Waals surface area (Å²) in [6.45, 7) is 2.39. The van der Waals surface area contributed by atoms with E-state index in [1.807, 2.05) is 18.2 Å². The molecule has 1 aromatic carbocycles. The van der Waals surface area contributed by atoms with Crippen LogP contribution in [0.15, 0.2) is 48.7 Å². The molecule has 182 valence electrons. The number of pyridine rings is 1. The number of benzene rings is 1. The Morgan fingerprint density at radius 2 is 1.94 bits per heavy atom. The van der Waals surface area contributed by atoms with Crippen molar-refractivity contribution in [2.75, 3.05) is 11.9 Å². The number of amides is 1. The highest BCUT2D eigenvalue weighted by Crippen LogP contribution is 2.31. The van der Waals surface area contributed by atoms with E-state index in [0.717, 1.165) is 5.52 Å². The van der Waals surface area contributed by atoms with Crippen molar-refractivity contribution in [3.8, 4) is 5.75 Å². The summed E-state index contributed by atoms with van der Waals surface area (Å²) < 4.78 is 13.1. The number of carbonyl (C=O) groups excluding carboxylic acids is 1. The fraction of sp³-hybridized carbons (Fsp3) is 0.391. The first-order valence-corrected chi connectivity index (χ1v) is 10.9. The van der Waals surface area contributed by atoms with E-state index in [2.05, 4.69) is 15.7 Å². The Labute approximate surface area is 195 Å². The third-order valence-corrected chi connectivity index (χ3v) is 5.59. The van der Waals surface area contributed by atoms with Crippen molar-refractivity contribution in [2.45, 2.75) is 50.6 Å². The van der Waals surface area contributed by atoms with Gasteiger partial charge in [-0.2, -0.15) is 5.10 Å². The highest BCUT2D eigenvalue weighted by atomic mass is 16.7. The van der Waals surface area contributed by atoms with E-state index < -0.39 is 49.3 Å². The maximum atomic E-state index is 11.6. The van der Waals surface area contributed by atoms with Gasteiger partial charge in [-0.1, -0.05) is 6.07 Å². The van der Waals surface area contributed by atoms with Gasteiger partial charge in [0.1, 0.15) is 35.8 Å². The summed E-state index contributed by atoms with van der Waals surface area (Å²) in [4.78, 5) is 11.6. The van der Waals surface area contributed by atoms with Gasteiger partial charge < -0.3 is 40.5 Å². The zero-order valence-corrected chi connectivity index (χ0v) is 18.7. The Kier molecular flexibility index (Phi) is 7.00. The van der Waals surface area contributed by atoms with Crippen molar-refractivity contribution in [1.29, 1.82) is 0 Å². The van der Waals surface area contributed by atoms with E-state index in [1.54, 1.807) is 41.9 Å². The molecule has 1 fully saturated rings. The molecule has 6 atom stereocenters. The molecule has 0 spiro atoms. The van der Waals surface area contributed by atoms with E-state index in [4.69, 9.17) is 9.47 Å². The molecule has 34 heavy (non-hydrogen) atoms. The molecule has 4 rings (SSSR count). The van der Waals surface area contributed by atoms with Crippen LogP contribution in [0.2, 0.25) is 0 Å². The van der Waals surface area contributed by atoms with Crippen LogP contribution in [0, 0.1) is 0 Å². The number of hydrogen-bond donors (Lipinski definition) is 6. The molecular weight excluding hydrogens is 444 g/mol. The molecule has 11 nitrogen and oxygen atoms in total. The van der Waals surface area contributed by atoms with E-state index in [9.17, 15) is 25.2 Å². The predicted octanol–water partition coefficient (Wildman–Crippen LogP) is 0.454. The number of fused-ring (bicyclic) bond motifs is 1. The van der Waals surface area contributed by atoms with Crippen LogP contribution < -0.4 is 15.4 Å². The number of ether oxygens (including phenoxy) is 2. The van der Waals surface area contributed by atoms with Gasteiger partial charge in [0.15, 0.2) is 0 Å². The minimum Gasteiger partial charge on any atom is -0.463 e. The molecule has 3 aromatic rings. The summed E-state index contributed by atoms with van der Waals surface area (Å²) >= 11 is 0. The summed E-state index contributed by atoms with van der Waals surface area (Å²) in [6, 6.07) is 11.4. The first kappa shape index (κ1) is 23.9. The van der Waals surface area contributed by atoms with Gasteiger partial charge in [-0.3, -0.25) is 4.79 Å². The van der Waals surface area contributed by atoms with Gasteiger partial charge in [0, 0.05) is 18.8 Å². The number of nitrogens with one attached hydrogen (secondary N) is 2. The SMILES string of the molecule is CC(=O)N[C@H]1[C@H](Oc2ccc(Nc3c([C@@H](C)O)nn4ccccc34)cc2)O[C@H](CO)[C@@H](O)[C@@H]1O. The lowest BCUT2D eigenvalue weighted by molar-refractivity contribution is -0.244. The molecule has 1 saturated heterocycles. The van der Waals surface area contributed by atoms with Crippen LogP contribution >= 0.6 is 0 Å². The summed E-state index contributed by atoms with van der Waals surface area (Å²) in [5, 5.41) is 50.4. The lowest BCUT2D eigenvalue weighted by Gasteiger charge is -2.42. The number of aliphatic hydroxyl groups excluding tert-OH is 4. The number of aromatic nitrogens is 2. The van der Waals surface area contributed by atoms with E-state index in [0.29, 0.717) is 22.8 Å². The fourth-order valence-electron chi connectivity index (χ4n) is 3.90. The monoisotopic (exact) mass is 472 g/mol. The Balaban J connectivity index is 1.53. The van der Waals surface area contributed by atoms with Crippen LogP contribution in [0.25, 0.3) is 5.52 Å². The van der Waals surface area contributed by atoms with Crippen LogP contribution in [-0.2, 0) is 9.53 Å². The van der Waals surface area contributed by atoms with Crippen molar-refractivity contribution < 1.29 is 34.7 Å². The zero-order valence-electron chi connectivity index (χ0n) is 18.7. The molecule has 0 aliphatic carbocycles. The second-order valence-corrected chi connectivity index (χ2v) is 8.17. The topological polar surface area (TPSA) is 158 Å². The van der Waals surface area contributed by atoms with Crippen LogP contribution in [0.4, 0.5) is 11.4 Å². The number of anilines is 2. The van der Waals surface area contributed by atoms with Gasteiger partial charge in [0.2, 0.25) is 12.2 Å². The smallest absolute Gasteiger partial charge is 0.223 e. The van der Waals surface area contributed by atoms with E-state index in [1.165, 1.54) is 6.92 Å². The number of hydrogen-bond acceptors (Lipinski definition) is 9. The molecule has 0 saturated carbocycles. The van der Waals surface area contributed by atoms with E-state index in [-0.39, 0.29) is 0 Å². The maximum Gasteiger partial charge on any atom is 0.223 e. The molecule has 1 amide bonds. The first-order valence-electron chi connectivity index (χ1n) is 10.9. The average molecular weight is 472 g/mol. The average Bonchev–Trinajstić information content (AvgIpc) is 3.18. The van der Waals surface area contributed by atoms with Crippen molar-refractivity contribution in [3.05, 3.63) is 54.4 Å². The number of carbonyl (C=O) groups is 1. The molecule has 2 aromatic heterocycles. The van der Waals surface area contributed by atoms with Crippen molar-refractivity contribution in [2.24, 2.45) is 0 Å². The van der Waals surface area contributed by atoms with Crippen LogP contribution in [0.3, 0.4) is 0 Å². The normalized spacial score (nSPS) is 25.6. The van der Waals surface area contributed by atoms with Gasteiger partial charge in [-0.25, -0.2) is 4.52 Å². The third-order valence-electron chi connectivity index (χ3n) is 5.59. The highest BCUT2D eigenvalue weighted by molar-refractivity contribution is 5.79. The summed E-state index contributed by atoms with van der Waals surface area (Å²) in [5.41, 5.74) is 2.69. The van der Waals surface area contributed by atoms with Crippen LogP contribution in [0.5, 0.6) is 5.75 Å². The highest BCUT2D eigenvalue weighted by Gasteiger charge is 2.46. The molecule has 0 bridgehead atoms. The molecule has 0 unspecified atom stereocenters. The van der Waals surface area contributed by atoms with Gasteiger partial charge >= 0.3 is 0 Å². The third kappa shape index (κ3) is 4.83. The lowest BCUT2D eigenvalue weighted by Crippen LogP contribution is -2.65. The minimum absolute atomic E-state index is 0.377. The minimum atomic E-state index is -1.39. The largest absolute Gasteiger partial charge is 0.463 e. The summed E-state index contributed by atoms with van der Waals surface area (Å²) in [6.07, 6.45) is -3.97. The molecule has 6 N–H and O–H groups in total. The quantitative estimate of drug-likeness (QED) is 0.287. The van der Waals surface area contributed by atoms with Gasteiger partial charge in [-0.15, -0.1) is 0 Å². The maximum absolute atomic E-state index is 11.6. The first-order chi connectivity index (χ1) is 16.3. The summed E-state index contributed by atoms with van der Waals surface area (Å²) in [7, 11) is 0. The van der Waals surface area contributed by atoms with Crippen LogP contribution in [-0.4, -0.2) is 73.2 Å². The van der Waals surface area contributed by atoms with Crippen LogP contribution in [0.1, 0.15) is 25.6 Å². The van der Waals surface area contributed by atoms with Crippen molar-refractivity contribution in [1.82, 2.24) is 14.9 Å². The summed E-state index contributed by atoms with van der Waals surface area (Å²) in [5.74, 6) is -0.0560. The number of rotatable bonds is 7. The standard InChI is InChI=1S/C23H28N4O7/c1-12(29)18-19(16-5-3-4-10-27(16)26-18)25-14-6-8-15(9-7-14)33-23-20(24-13(2)30)22(32)21(31)17(11-28)34-23/h3-10,12,17,20-23,25,28-29,31-32H,11H2,1-2H3,(H,24,30)/t12-,17-,20-,21-,22-,23-/m1/s1. The Morgan fingerprint density at radius 1 is 1.21 bits per heavy atom. The zero-order chi connectivity index (χ0) is 24.4. The number of aliphatic hydroxyl groups is 4. The van der Waals surface area contributed by atoms with Crippen molar-refractivity contribution in [3.63, 3.8) is 0 Å². The Morgan fingerprint density at radius 3 is 2.59 bits per heavy atom. The molecule has 1 aliphatic heterocycles.